The van der Waals surface area contributed by atoms with Gasteiger partial charge < -0.3 is 5.73 Å². The first-order valence-corrected chi connectivity index (χ1v) is 9.35. The molecule has 0 spiro atoms. The maximum atomic E-state index is 6.15. The predicted molar refractivity (Wildman–Crippen MR) is 112 cm³/mol. The molecule has 0 aliphatic carbocycles. The third kappa shape index (κ3) is 2.45. The fraction of sp³-hybridized carbons (Fsp3) is 0. The zero-order valence-corrected chi connectivity index (χ0v) is 14.8. The molecule has 0 aliphatic rings. The minimum Gasteiger partial charge on any atom is -0.384 e. The van der Waals surface area contributed by atoms with E-state index in [4.69, 9.17) is 5.73 Å². The van der Waals surface area contributed by atoms with Gasteiger partial charge in [0.25, 0.3) is 0 Å². The second-order valence-electron chi connectivity index (χ2n) is 6.31. The normalized spacial score (nSPS) is 11.2. The van der Waals surface area contributed by atoms with Crippen molar-refractivity contribution in [2.24, 2.45) is 0 Å². The molecule has 3 aromatic carbocycles. The van der Waals surface area contributed by atoms with Crippen LogP contribution in [0.1, 0.15) is 0 Å². The Morgan fingerprint density at radius 2 is 1.46 bits per heavy atom. The van der Waals surface area contributed by atoms with E-state index in [2.05, 4.69) is 65.6 Å². The Bertz CT molecular complexity index is 1240. The van der Waals surface area contributed by atoms with Crippen molar-refractivity contribution in [3.63, 3.8) is 0 Å². The van der Waals surface area contributed by atoms with Crippen LogP contribution in [0.25, 0.3) is 42.6 Å². The van der Waals surface area contributed by atoms with Crippen molar-refractivity contribution in [3.05, 3.63) is 84.9 Å². The molecule has 2 aromatic heterocycles. The Hall–Kier alpha value is -3.17. The summed E-state index contributed by atoms with van der Waals surface area (Å²) in [5.41, 5.74) is 10.4. The van der Waals surface area contributed by atoms with Crippen molar-refractivity contribution < 1.29 is 0 Å². The lowest BCUT2D eigenvalue weighted by molar-refractivity contribution is 1.34. The van der Waals surface area contributed by atoms with Crippen LogP contribution in [0.15, 0.2) is 84.9 Å². The van der Waals surface area contributed by atoms with Gasteiger partial charge in [-0.1, -0.05) is 66.7 Å². The van der Waals surface area contributed by atoms with Gasteiger partial charge in [0.05, 0.1) is 5.69 Å². The molecule has 26 heavy (non-hydrogen) atoms. The fourth-order valence-corrected chi connectivity index (χ4v) is 4.66. The molecule has 124 valence electrons. The highest BCUT2D eigenvalue weighted by Gasteiger charge is 2.12. The van der Waals surface area contributed by atoms with E-state index in [1.807, 2.05) is 35.6 Å². The third-order valence-electron chi connectivity index (χ3n) is 4.63. The number of thiophene rings is 1. The minimum absolute atomic E-state index is 0.541. The predicted octanol–water partition coefficient (Wildman–Crippen LogP) is 6.37. The molecule has 0 unspecified atom stereocenters. The van der Waals surface area contributed by atoms with Gasteiger partial charge in [0.2, 0.25) is 0 Å². The second-order valence-corrected chi connectivity index (χ2v) is 7.36. The van der Waals surface area contributed by atoms with Crippen LogP contribution in [-0.4, -0.2) is 4.98 Å². The average molecular weight is 352 g/mol. The standard InChI is InChI=1S/C23H16N2S/c24-22-14-16(15-7-2-1-3-8-15)13-20(25-22)19-11-6-10-18-17-9-4-5-12-21(17)26-23(18)19/h1-14H,(H2,24,25). The Kier molecular flexibility index (Phi) is 3.47. The molecule has 5 rings (SSSR count). The number of hydrogen-bond acceptors (Lipinski definition) is 3. The summed E-state index contributed by atoms with van der Waals surface area (Å²) in [4.78, 5) is 4.63. The highest BCUT2D eigenvalue weighted by atomic mass is 32.1. The van der Waals surface area contributed by atoms with Crippen molar-refractivity contribution in [1.29, 1.82) is 0 Å². The van der Waals surface area contributed by atoms with Gasteiger partial charge in [0, 0.05) is 25.7 Å². The quantitative estimate of drug-likeness (QED) is 0.401. The number of nitrogens with zero attached hydrogens (tertiary/aromatic N) is 1. The van der Waals surface area contributed by atoms with Gasteiger partial charge >= 0.3 is 0 Å². The molecular weight excluding hydrogens is 336 g/mol. The third-order valence-corrected chi connectivity index (χ3v) is 5.85. The number of rotatable bonds is 2. The molecule has 0 amide bonds. The topological polar surface area (TPSA) is 38.9 Å². The molecule has 0 saturated carbocycles. The van der Waals surface area contributed by atoms with Crippen LogP contribution >= 0.6 is 11.3 Å². The van der Waals surface area contributed by atoms with E-state index in [9.17, 15) is 0 Å². The average Bonchev–Trinajstić information content (AvgIpc) is 3.07. The molecule has 0 aliphatic heterocycles. The van der Waals surface area contributed by atoms with Crippen molar-refractivity contribution in [1.82, 2.24) is 4.98 Å². The monoisotopic (exact) mass is 352 g/mol. The van der Waals surface area contributed by atoms with E-state index in [1.54, 1.807) is 0 Å². The van der Waals surface area contributed by atoms with Crippen LogP contribution in [0, 0.1) is 0 Å². The van der Waals surface area contributed by atoms with E-state index >= 15 is 0 Å². The van der Waals surface area contributed by atoms with Crippen LogP contribution in [0.3, 0.4) is 0 Å². The number of aromatic nitrogens is 1. The van der Waals surface area contributed by atoms with Gasteiger partial charge in [0.15, 0.2) is 0 Å². The molecule has 0 fully saturated rings. The number of anilines is 1. The van der Waals surface area contributed by atoms with Crippen molar-refractivity contribution in [2.75, 3.05) is 5.73 Å². The first-order chi connectivity index (χ1) is 12.8. The number of nitrogen functional groups attached to an aromatic ring is 1. The highest BCUT2D eigenvalue weighted by molar-refractivity contribution is 7.26. The Morgan fingerprint density at radius 1 is 0.692 bits per heavy atom. The lowest BCUT2D eigenvalue weighted by Gasteiger charge is -2.08. The van der Waals surface area contributed by atoms with Crippen LogP contribution in [-0.2, 0) is 0 Å². The first-order valence-electron chi connectivity index (χ1n) is 8.53. The molecule has 0 bridgehead atoms. The highest BCUT2D eigenvalue weighted by Crippen LogP contribution is 2.40. The maximum Gasteiger partial charge on any atom is 0.124 e. The van der Waals surface area contributed by atoms with Crippen molar-refractivity contribution >= 4 is 37.3 Å². The van der Waals surface area contributed by atoms with Crippen LogP contribution in [0.2, 0.25) is 0 Å². The summed E-state index contributed by atoms with van der Waals surface area (Å²) in [7, 11) is 0. The zero-order chi connectivity index (χ0) is 17.5. The Labute approximate surface area is 155 Å². The molecule has 3 heteroatoms. The number of hydrogen-bond donors (Lipinski definition) is 1. The molecule has 2 N–H and O–H groups in total. The molecule has 2 heterocycles. The largest absolute Gasteiger partial charge is 0.384 e. The van der Waals surface area contributed by atoms with Crippen LogP contribution in [0.5, 0.6) is 0 Å². The minimum atomic E-state index is 0.541. The van der Waals surface area contributed by atoms with E-state index < -0.39 is 0 Å². The van der Waals surface area contributed by atoms with Crippen LogP contribution in [0.4, 0.5) is 5.82 Å². The Balaban J connectivity index is 1.77. The molecule has 0 radical (unpaired) electrons. The SMILES string of the molecule is Nc1cc(-c2ccccc2)cc(-c2cccc3c2sc2ccccc23)n1. The van der Waals surface area contributed by atoms with Gasteiger partial charge in [-0.3, -0.25) is 0 Å². The van der Waals surface area contributed by atoms with E-state index in [-0.39, 0.29) is 0 Å². The lowest BCUT2D eigenvalue weighted by atomic mass is 10.0. The van der Waals surface area contributed by atoms with E-state index in [0.29, 0.717) is 5.82 Å². The van der Waals surface area contributed by atoms with Gasteiger partial charge in [-0.15, -0.1) is 11.3 Å². The fourth-order valence-electron chi connectivity index (χ4n) is 3.44. The number of nitrogens with two attached hydrogens (primary N) is 1. The number of pyridine rings is 1. The van der Waals surface area contributed by atoms with Gasteiger partial charge in [0.1, 0.15) is 5.82 Å². The van der Waals surface area contributed by atoms with E-state index in [0.717, 1.165) is 22.4 Å². The first kappa shape index (κ1) is 15.1. The Morgan fingerprint density at radius 3 is 2.35 bits per heavy atom. The smallest absolute Gasteiger partial charge is 0.124 e. The molecule has 2 nitrogen and oxygen atoms in total. The molecule has 0 atom stereocenters. The van der Waals surface area contributed by atoms with Gasteiger partial charge in [-0.25, -0.2) is 4.98 Å². The molecule has 0 saturated heterocycles. The lowest BCUT2D eigenvalue weighted by Crippen LogP contribution is -1.94. The van der Waals surface area contributed by atoms with E-state index in [1.165, 1.54) is 20.2 Å². The summed E-state index contributed by atoms with van der Waals surface area (Å²) in [6, 6.07) is 29.3. The second kappa shape index (κ2) is 5.97. The summed E-state index contributed by atoms with van der Waals surface area (Å²) in [5.74, 6) is 0.541. The van der Waals surface area contributed by atoms with Crippen molar-refractivity contribution in [3.8, 4) is 22.4 Å². The molecular formula is C23H16N2S. The van der Waals surface area contributed by atoms with Gasteiger partial charge in [-0.05, 0) is 29.3 Å². The van der Waals surface area contributed by atoms with Crippen molar-refractivity contribution in [2.45, 2.75) is 0 Å². The summed E-state index contributed by atoms with van der Waals surface area (Å²) in [5, 5.41) is 2.56. The number of fused-ring (bicyclic) bond motifs is 3. The maximum absolute atomic E-state index is 6.15. The summed E-state index contributed by atoms with van der Waals surface area (Å²) in [6.45, 7) is 0. The summed E-state index contributed by atoms with van der Waals surface area (Å²) >= 11 is 1.81. The summed E-state index contributed by atoms with van der Waals surface area (Å²) in [6.07, 6.45) is 0. The zero-order valence-electron chi connectivity index (χ0n) is 14.0. The van der Waals surface area contributed by atoms with Gasteiger partial charge in [-0.2, -0.15) is 0 Å². The molecule has 5 aromatic rings. The number of benzene rings is 3. The summed E-state index contributed by atoms with van der Waals surface area (Å²) < 4.78 is 2.55. The van der Waals surface area contributed by atoms with Crippen LogP contribution < -0.4 is 5.73 Å².